The first-order valence-electron chi connectivity index (χ1n) is 9.09. The van der Waals surface area contributed by atoms with Crippen molar-refractivity contribution in [3.8, 4) is 11.5 Å². The van der Waals surface area contributed by atoms with Gasteiger partial charge in [0.2, 0.25) is 0 Å². The highest BCUT2D eigenvalue weighted by Gasteiger charge is 2.06. The first-order valence-corrected chi connectivity index (χ1v) is 9.09. The molecule has 0 fully saturated rings. The van der Waals surface area contributed by atoms with Crippen LogP contribution < -0.4 is 25.4 Å². The van der Waals surface area contributed by atoms with Crippen LogP contribution in [-0.2, 0) is 6.54 Å². The van der Waals surface area contributed by atoms with Gasteiger partial charge in [0.25, 0.3) is 5.91 Å². The molecule has 2 rings (SSSR count). The van der Waals surface area contributed by atoms with Crippen molar-refractivity contribution in [3.63, 3.8) is 0 Å². The number of nitrogens with zero attached hydrogens (tertiary/aromatic N) is 2. The number of carbonyl (C=O) groups excluding carboxylic acids is 1. The maximum Gasteiger partial charge on any atom is 0.252 e. The lowest BCUT2D eigenvalue weighted by molar-refractivity contribution is 0.0954. The number of aromatic nitrogens is 1. The minimum Gasteiger partial charge on any atom is -0.493 e. The summed E-state index contributed by atoms with van der Waals surface area (Å²) >= 11 is 0. The molecular weight excluding hydrogens is 358 g/mol. The van der Waals surface area contributed by atoms with Gasteiger partial charge in [0.15, 0.2) is 17.5 Å². The summed E-state index contributed by atoms with van der Waals surface area (Å²) in [4.78, 5) is 20.5. The number of methoxy groups -OCH3 is 2. The van der Waals surface area contributed by atoms with E-state index in [1.807, 2.05) is 25.1 Å². The maximum absolute atomic E-state index is 12.0. The molecule has 2 aromatic rings. The molecule has 0 aliphatic heterocycles. The Morgan fingerprint density at radius 3 is 2.54 bits per heavy atom. The molecule has 0 saturated carbocycles. The molecule has 8 nitrogen and oxygen atoms in total. The van der Waals surface area contributed by atoms with Crippen LogP contribution >= 0.6 is 0 Å². The molecule has 1 aromatic heterocycles. The summed E-state index contributed by atoms with van der Waals surface area (Å²) in [5, 5.41) is 9.23. The van der Waals surface area contributed by atoms with E-state index in [-0.39, 0.29) is 5.91 Å². The summed E-state index contributed by atoms with van der Waals surface area (Å²) in [6.07, 6.45) is 3.17. The van der Waals surface area contributed by atoms with Gasteiger partial charge in [0.1, 0.15) is 0 Å². The summed E-state index contributed by atoms with van der Waals surface area (Å²) in [6, 6.07) is 9.17. The Balaban J connectivity index is 1.86. The van der Waals surface area contributed by atoms with E-state index in [0.29, 0.717) is 42.7 Å². The number of guanidine groups is 1. The van der Waals surface area contributed by atoms with E-state index in [2.05, 4.69) is 25.9 Å². The van der Waals surface area contributed by atoms with Gasteiger partial charge in [-0.2, -0.15) is 0 Å². The second kappa shape index (κ2) is 11.4. The van der Waals surface area contributed by atoms with E-state index in [9.17, 15) is 4.79 Å². The number of pyridine rings is 1. The fraction of sp³-hybridized carbons (Fsp3) is 0.350. The molecule has 28 heavy (non-hydrogen) atoms. The third kappa shape index (κ3) is 6.46. The Morgan fingerprint density at radius 1 is 1.07 bits per heavy atom. The van der Waals surface area contributed by atoms with Crippen LogP contribution in [0.4, 0.5) is 0 Å². The van der Waals surface area contributed by atoms with E-state index in [0.717, 1.165) is 12.1 Å². The summed E-state index contributed by atoms with van der Waals surface area (Å²) in [6.45, 7) is 4.23. The zero-order valence-electron chi connectivity index (χ0n) is 16.5. The number of carbonyl (C=O) groups is 1. The van der Waals surface area contributed by atoms with E-state index < -0.39 is 0 Å². The van der Waals surface area contributed by atoms with Crippen LogP contribution in [0, 0.1) is 0 Å². The second-order valence-electron chi connectivity index (χ2n) is 5.81. The van der Waals surface area contributed by atoms with Crippen LogP contribution in [0.25, 0.3) is 0 Å². The largest absolute Gasteiger partial charge is 0.493 e. The second-order valence-corrected chi connectivity index (χ2v) is 5.81. The molecule has 0 spiro atoms. The fourth-order valence-corrected chi connectivity index (χ4v) is 2.45. The normalized spacial score (nSPS) is 10.9. The highest BCUT2D eigenvalue weighted by Crippen LogP contribution is 2.27. The van der Waals surface area contributed by atoms with Crippen LogP contribution in [0.3, 0.4) is 0 Å². The van der Waals surface area contributed by atoms with Gasteiger partial charge in [-0.3, -0.25) is 9.78 Å². The van der Waals surface area contributed by atoms with Crippen LogP contribution in [0.1, 0.15) is 22.8 Å². The predicted octanol–water partition coefficient (Wildman–Crippen LogP) is 1.58. The Morgan fingerprint density at radius 2 is 1.86 bits per heavy atom. The van der Waals surface area contributed by atoms with Gasteiger partial charge in [-0.05, 0) is 36.8 Å². The Kier molecular flexibility index (Phi) is 8.58. The summed E-state index contributed by atoms with van der Waals surface area (Å²) < 4.78 is 10.6. The summed E-state index contributed by atoms with van der Waals surface area (Å²) in [5.41, 5.74) is 1.54. The van der Waals surface area contributed by atoms with Gasteiger partial charge in [0.05, 0.1) is 26.3 Å². The first-order chi connectivity index (χ1) is 13.7. The zero-order chi connectivity index (χ0) is 20.2. The minimum absolute atomic E-state index is 0.151. The number of aliphatic imine (C=N–C) groups is 1. The Bertz CT molecular complexity index is 781. The maximum atomic E-state index is 12.0. The van der Waals surface area contributed by atoms with Crippen LogP contribution in [-0.4, -0.2) is 50.7 Å². The van der Waals surface area contributed by atoms with Crippen molar-refractivity contribution in [2.45, 2.75) is 13.5 Å². The van der Waals surface area contributed by atoms with E-state index in [1.54, 1.807) is 32.5 Å². The molecule has 3 N–H and O–H groups in total. The third-order valence-electron chi connectivity index (χ3n) is 3.84. The van der Waals surface area contributed by atoms with E-state index in [1.165, 1.54) is 6.20 Å². The van der Waals surface area contributed by atoms with Crippen LogP contribution in [0.5, 0.6) is 11.5 Å². The van der Waals surface area contributed by atoms with Crippen molar-refractivity contribution < 1.29 is 14.3 Å². The molecule has 0 saturated heterocycles. The molecular formula is C20H27N5O3. The number of hydrogen-bond acceptors (Lipinski definition) is 5. The van der Waals surface area contributed by atoms with Gasteiger partial charge in [-0.15, -0.1) is 0 Å². The smallest absolute Gasteiger partial charge is 0.252 e. The van der Waals surface area contributed by atoms with Gasteiger partial charge < -0.3 is 25.4 Å². The molecule has 0 atom stereocenters. The third-order valence-corrected chi connectivity index (χ3v) is 3.84. The number of amides is 1. The van der Waals surface area contributed by atoms with Crippen LogP contribution in [0.15, 0.2) is 47.7 Å². The summed E-state index contributed by atoms with van der Waals surface area (Å²) in [5.74, 6) is 1.88. The predicted molar refractivity (Wildman–Crippen MR) is 109 cm³/mol. The molecule has 1 heterocycles. The van der Waals surface area contributed by atoms with Gasteiger partial charge >= 0.3 is 0 Å². The van der Waals surface area contributed by atoms with Gasteiger partial charge in [0, 0.05) is 32.0 Å². The van der Waals surface area contributed by atoms with Crippen molar-refractivity contribution in [1.29, 1.82) is 0 Å². The Labute approximate surface area is 165 Å². The summed E-state index contributed by atoms with van der Waals surface area (Å²) in [7, 11) is 3.21. The average molecular weight is 385 g/mol. The lowest BCUT2D eigenvalue weighted by atomic mass is 10.2. The van der Waals surface area contributed by atoms with Crippen molar-refractivity contribution in [2.24, 2.45) is 4.99 Å². The Hall–Kier alpha value is -3.29. The lowest BCUT2D eigenvalue weighted by Gasteiger charge is -2.12. The van der Waals surface area contributed by atoms with Gasteiger partial charge in [-0.25, -0.2) is 4.99 Å². The fourth-order valence-electron chi connectivity index (χ4n) is 2.45. The first kappa shape index (κ1) is 21.0. The molecule has 0 radical (unpaired) electrons. The number of benzene rings is 1. The van der Waals surface area contributed by atoms with Crippen molar-refractivity contribution >= 4 is 11.9 Å². The number of nitrogens with one attached hydrogen (secondary N) is 3. The number of rotatable bonds is 9. The molecule has 0 aliphatic carbocycles. The highest BCUT2D eigenvalue weighted by molar-refractivity contribution is 5.93. The molecule has 150 valence electrons. The SMILES string of the molecule is CCNC(=NCc1ccc(OC)c(OC)c1)NCCNC(=O)c1cccnc1. The molecule has 1 aromatic carbocycles. The van der Waals surface area contributed by atoms with Gasteiger partial charge in [-0.1, -0.05) is 6.07 Å². The molecule has 0 unspecified atom stereocenters. The zero-order valence-corrected chi connectivity index (χ0v) is 16.5. The van der Waals surface area contributed by atoms with E-state index in [4.69, 9.17) is 9.47 Å². The minimum atomic E-state index is -0.151. The molecule has 8 heteroatoms. The van der Waals surface area contributed by atoms with Crippen molar-refractivity contribution in [2.75, 3.05) is 33.9 Å². The average Bonchev–Trinajstić information content (AvgIpc) is 2.75. The van der Waals surface area contributed by atoms with Crippen molar-refractivity contribution in [1.82, 2.24) is 20.9 Å². The topological polar surface area (TPSA) is 96.9 Å². The molecule has 0 aliphatic rings. The number of ether oxygens (including phenoxy) is 2. The standard InChI is InChI=1S/C20H27N5O3/c1-4-22-20(24-11-10-23-19(26)16-6-5-9-21-14-16)25-13-15-7-8-17(27-2)18(12-15)28-3/h5-9,12,14H,4,10-11,13H2,1-3H3,(H,23,26)(H2,22,24,25). The quantitative estimate of drug-likeness (QED) is 0.345. The monoisotopic (exact) mass is 385 g/mol. The van der Waals surface area contributed by atoms with E-state index >= 15 is 0 Å². The highest BCUT2D eigenvalue weighted by atomic mass is 16.5. The lowest BCUT2D eigenvalue weighted by Crippen LogP contribution is -2.41. The van der Waals surface area contributed by atoms with Crippen LogP contribution in [0.2, 0.25) is 0 Å². The molecule has 1 amide bonds. The van der Waals surface area contributed by atoms with Crippen molar-refractivity contribution in [3.05, 3.63) is 53.9 Å². The molecule has 0 bridgehead atoms. The number of hydrogen-bond donors (Lipinski definition) is 3.